The third kappa shape index (κ3) is 2.20. The predicted molar refractivity (Wildman–Crippen MR) is 30.9 cm³/mol. The van der Waals surface area contributed by atoms with Gasteiger partial charge in [0.25, 0.3) is 0 Å². The fourth-order valence-electron chi connectivity index (χ4n) is 0.260. The van der Waals surface area contributed by atoms with Crippen molar-refractivity contribution in [2.24, 2.45) is 0 Å². The Balaban J connectivity index is 4.07. The molecule has 58 valence electrons. The Morgan fingerprint density at radius 1 is 1.20 bits per heavy atom. The summed E-state index contributed by atoms with van der Waals surface area (Å²) < 4.78 is 0. The van der Waals surface area contributed by atoms with E-state index in [0.717, 1.165) is 0 Å². The second-order valence-electron chi connectivity index (χ2n) is 1.52. The van der Waals surface area contributed by atoms with E-state index in [2.05, 4.69) is 0 Å². The standard InChI is InChI=1S/C4H5ClO5/c5-1(3(7)8)2(6)4(9)10/h1-2,6H,(H,7,8)(H,9,10)/t1-,2+/m0/s1. The van der Waals surface area contributed by atoms with Crippen LogP contribution >= 0.6 is 11.6 Å². The summed E-state index contributed by atoms with van der Waals surface area (Å²) in [6, 6.07) is 0. The first-order valence-electron chi connectivity index (χ1n) is 2.24. The maximum Gasteiger partial charge on any atom is 0.334 e. The molecule has 0 radical (unpaired) electrons. The van der Waals surface area contributed by atoms with E-state index in [1.807, 2.05) is 0 Å². The normalized spacial score (nSPS) is 15.8. The van der Waals surface area contributed by atoms with E-state index in [4.69, 9.17) is 26.9 Å². The van der Waals surface area contributed by atoms with Crippen molar-refractivity contribution >= 4 is 23.5 Å². The van der Waals surface area contributed by atoms with Crippen molar-refractivity contribution in [1.29, 1.82) is 0 Å². The number of aliphatic carboxylic acids is 2. The van der Waals surface area contributed by atoms with Crippen molar-refractivity contribution in [3.63, 3.8) is 0 Å². The van der Waals surface area contributed by atoms with Gasteiger partial charge in [-0.05, 0) is 0 Å². The van der Waals surface area contributed by atoms with Gasteiger partial charge in [-0.3, -0.25) is 4.79 Å². The lowest BCUT2D eigenvalue weighted by molar-refractivity contribution is -0.152. The molecule has 0 bridgehead atoms. The monoisotopic (exact) mass is 168 g/mol. The Bertz CT molecular complexity index is 138. The van der Waals surface area contributed by atoms with Gasteiger partial charge in [-0.2, -0.15) is 0 Å². The minimum absolute atomic E-state index is 1.56. The molecule has 0 saturated carbocycles. The van der Waals surface area contributed by atoms with Crippen LogP contribution in [-0.2, 0) is 9.59 Å². The zero-order chi connectivity index (χ0) is 8.31. The van der Waals surface area contributed by atoms with E-state index >= 15 is 0 Å². The maximum atomic E-state index is 9.89. The molecule has 10 heavy (non-hydrogen) atoms. The van der Waals surface area contributed by atoms with Crippen LogP contribution in [0.3, 0.4) is 0 Å². The number of aliphatic hydroxyl groups excluding tert-OH is 1. The van der Waals surface area contributed by atoms with Gasteiger partial charge in [-0.15, -0.1) is 11.6 Å². The third-order valence-corrected chi connectivity index (χ3v) is 1.19. The average Bonchev–Trinajstić information content (AvgIpc) is 1.84. The largest absolute Gasteiger partial charge is 0.480 e. The molecule has 0 heterocycles. The minimum atomic E-state index is -2.06. The topological polar surface area (TPSA) is 94.8 Å². The van der Waals surface area contributed by atoms with Crippen LogP contribution in [0.25, 0.3) is 0 Å². The Labute approximate surface area is 60.8 Å². The summed E-state index contributed by atoms with van der Waals surface area (Å²) in [6.07, 6.45) is -2.06. The molecule has 0 aromatic carbocycles. The van der Waals surface area contributed by atoms with Crippen molar-refractivity contribution < 1.29 is 24.9 Å². The molecule has 0 fully saturated rings. The van der Waals surface area contributed by atoms with Crippen molar-refractivity contribution in [2.45, 2.75) is 11.5 Å². The fourth-order valence-corrected chi connectivity index (χ4v) is 0.368. The number of rotatable bonds is 3. The summed E-state index contributed by atoms with van der Waals surface area (Å²) in [7, 11) is 0. The second kappa shape index (κ2) is 3.38. The lowest BCUT2D eigenvalue weighted by Gasteiger charge is -2.06. The number of carbonyl (C=O) groups is 2. The first kappa shape index (κ1) is 9.19. The van der Waals surface area contributed by atoms with Crippen LogP contribution in [-0.4, -0.2) is 38.7 Å². The Hall–Kier alpha value is -0.810. The van der Waals surface area contributed by atoms with Crippen LogP contribution in [0, 0.1) is 0 Å². The quantitative estimate of drug-likeness (QED) is 0.476. The van der Waals surface area contributed by atoms with E-state index in [0.29, 0.717) is 0 Å². The number of alkyl halides is 1. The molecule has 0 aliphatic heterocycles. The number of carboxylic acids is 2. The Morgan fingerprint density at radius 3 is 1.70 bits per heavy atom. The number of aliphatic hydroxyl groups is 1. The molecule has 2 atom stereocenters. The highest BCUT2D eigenvalue weighted by atomic mass is 35.5. The summed E-state index contributed by atoms with van der Waals surface area (Å²) in [4.78, 5) is 19.7. The lowest BCUT2D eigenvalue weighted by Crippen LogP contribution is -2.35. The highest BCUT2D eigenvalue weighted by Gasteiger charge is 2.29. The molecular formula is C4H5ClO5. The van der Waals surface area contributed by atoms with Gasteiger partial charge in [0.15, 0.2) is 11.5 Å². The van der Waals surface area contributed by atoms with E-state index in [9.17, 15) is 9.59 Å². The van der Waals surface area contributed by atoms with Gasteiger partial charge in [0, 0.05) is 0 Å². The van der Waals surface area contributed by atoms with Crippen molar-refractivity contribution in [1.82, 2.24) is 0 Å². The van der Waals surface area contributed by atoms with Crippen molar-refractivity contribution in [3.8, 4) is 0 Å². The van der Waals surface area contributed by atoms with Gasteiger partial charge in [0.1, 0.15) is 0 Å². The SMILES string of the molecule is O=C(O)[C@@H](Cl)[C@@H](O)C(=O)O. The Kier molecular flexibility index (Phi) is 3.11. The number of hydrogen-bond acceptors (Lipinski definition) is 3. The second-order valence-corrected chi connectivity index (χ2v) is 1.99. The molecule has 0 aliphatic carbocycles. The van der Waals surface area contributed by atoms with E-state index in [-0.39, 0.29) is 0 Å². The van der Waals surface area contributed by atoms with Crippen molar-refractivity contribution in [2.75, 3.05) is 0 Å². The smallest absolute Gasteiger partial charge is 0.334 e. The average molecular weight is 169 g/mol. The predicted octanol–water partition coefficient (Wildman–Crippen LogP) is -0.876. The molecular weight excluding hydrogens is 163 g/mol. The van der Waals surface area contributed by atoms with E-state index in [1.165, 1.54) is 0 Å². The minimum Gasteiger partial charge on any atom is -0.480 e. The van der Waals surface area contributed by atoms with Crippen LogP contribution in [0.4, 0.5) is 0 Å². The van der Waals surface area contributed by atoms with Gasteiger partial charge >= 0.3 is 11.9 Å². The van der Waals surface area contributed by atoms with Crippen LogP contribution in [0.15, 0.2) is 0 Å². The molecule has 6 heteroatoms. The molecule has 0 spiro atoms. The van der Waals surface area contributed by atoms with Crippen LogP contribution in [0.1, 0.15) is 0 Å². The lowest BCUT2D eigenvalue weighted by atomic mass is 10.2. The number of carboxylic acid groups (broad SMARTS) is 2. The zero-order valence-corrected chi connectivity index (χ0v) is 5.45. The van der Waals surface area contributed by atoms with Gasteiger partial charge in [0.05, 0.1) is 0 Å². The molecule has 5 nitrogen and oxygen atoms in total. The first-order valence-corrected chi connectivity index (χ1v) is 2.68. The molecule has 0 amide bonds. The summed E-state index contributed by atoms with van der Waals surface area (Å²) in [6.45, 7) is 0. The molecule has 3 N–H and O–H groups in total. The first-order chi connectivity index (χ1) is 4.46. The maximum absolute atomic E-state index is 9.89. The highest BCUT2D eigenvalue weighted by molar-refractivity contribution is 6.31. The summed E-state index contributed by atoms with van der Waals surface area (Å²) in [5.41, 5.74) is 0. The molecule has 0 aliphatic rings. The number of hydrogen-bond donors (Lipinski definition) is 3. The molecule has 0 unspecified atom stereocenters. The third-order valence-electron chi connectivity index (χ3n) is 0.766. The summed E-state index contributed by atoms with van der Waals surface area (Å²) in [5, 5.41) is 22.7. The van der Waals surface area contributed by atoms with E-state index < -0.39 is 23.4 Å². The molecule has 0 rings (SSSR count). The molecule has 0 aromatic rings. The van der Waals surface area contributed by atoms with Gasteiger partial charge in [0.2, 0.25) is 0 Å². The van der Waals surface area contributed by atoms with Gasteiger partial charge in [-0.1, -0.05) is 0 Å². The molecule has 0 saturated heterocycles. The summed E-state index contributed by atoms with van der Waals surface area (Å²) in [5.74, 6) is -3.21. The van der Waals surface area contributed by atoms with Crippen LogP contribution < -0.4 is 0 Å². The van der Waals surface area contributed by atoms with Gasteiger partial charge in [-0.25, -0.2) is 4.79 Å². The fraction of sp³-hybridized carbons (Fsp3) is 0.500. The summed E-state index contributed by atoms with van der Waals surface area (Å²) >= 11 is 4.93. The highest BCUT2D eigenvalue weighted by Crippen LogP contribution is 2.02. The van der Waals surface area contributed by atoms with Crippen LogP contribution in [0.5, 0.6) is 0 Å². The zero-order valence-electron chi connectivity index (χ0n) is 4.69. The molecule has 0 aromatic heterocycles. The van der Waals surface area contributed by atoms with Crippen molar-refractivity contribution in [3.05, 3.63) is 0 Å². The van der Waals surface area contributed by atoms with E-state index in [1.54, 1.807) is 0 Å². The Morgan fingerprint density at radius 2 is 1.60 bits per heavy atom. The van der Waals surface area contributed by atoms with Gasteiger partial charge < -0.3 is 15.3 Å². The van der Waals surface area contributed by atoms with Crippen LogP contribution in [0.2, 0.25) is 0 Å². The number of halogens is 1.